The van der Waals surface area contributed by atoms with E-state index in [9.17, 15) is 0 Å². The SMILES string of the molecule is CCN(CCOC)c1ccc(N)c(C)c1. The van der Waals surface area contributed by atoms with Gasteiger partial charge in [0.15, 0.2) is 0 Å². The molecule has 0 radical (unpaired) electrons. The summed E-state index contributed by atoms with van der Waals surface area (Å²) in [4.78, 5) is 2.27. The number of methoxy groups -OCH3 is 1. The third-order valence-electron chi connectivity index (χ3n) is 2.57. The topological polar surface area (TPSA) is 38.5 Å². The molecular formula is C12H20N2O. The highest BCUT2D eigenvalue weighted by atomic mass is 16.5. The van der Waals surface area contributed by atoms with Crippen LogP contribution in [0.5, 0.6) is 0 Å². The van der Waals surface area contributed by atoms with Crippen LogP contribution >= 0.6 is 0 Å². The summed E-state index contributed by atoms with van der Waals surface area (Å²) in [6, 6.07) is 6.14. The van der Waals surface area contributed by atoms with Crippen LogP contribution in [0.25, 0.3) is 0 Å². The lowest BCUT2D eigenvalue weighted by Crippen LogP contribution is -2.26. The Hall–Kier alpha value is -1.22. The van der Waals surface area contributed by atoms with Crippen molar-refractivity contribution in [1.82, 2.24) is 0 Å². The van der Waals surface area contributed by atoms with Crippen LogP contribution in [0.3, 0.4) is 0 Å². The van der Waals surface area contributed by atoms with Crippen molar-refractivity contribution in [1.29, 1.82) is 0 Å². The van der Waals surface area contributed by atoms with Crippen LogP contribution in [0.15, 0.2) is 18.2 Å². The zero-order chi connectivity index (χ0) is 11.3. The van der Waals surface area contributed by atoms with Gasteiger partial charge in [-0.3, -0.25) is 0 Å². The molecule has 0 aromatic heterocycles. The molecule has 1 rings (SSSR count). The lowest BCUT2D eigenvalue weighted by Gasteiger charge is -2.23. The molecule has 3 nitrogen and oxygen atoms in total. The van der Waals surface area contributed by atoms with Crippen molar-refractivity contribution in [3.63, 3.8) is 0 Å². The lowest BCUT2D eigenvalue weighted by atomic mass is 10.1. The van der Waals surface area contributed by atoms with Gasteiger partial charge < -0.3 is 15.4 Å². The Kier molecular flexibility index (Phi) is 4.43. The van der Waals surface area contributed by atoms with Crippen LogP contribution in [0.4, 0.5) is 11.4 Å². The minimum absolute atomic E-state index is 0.747. The van der Waals surface area contributed by atoms with Crippen molar-refractivity contribution in [3.8, 4) is 0 Å². The van der Waals surface area contributed by atoms with Gasteiger partial charge in [-0.05, 0) is 37.6 Å². The third kappa shape index (κ3) is 3.13. The maximum absolute atomic E-state index is 5.79. The minimum atomic E-state index is 0.747. The molecule has 0 bridgehead atoms. The van der Waals surface area contributed by atoms with E-state index in [1.54, 1.807) is 7.11 Å². The van der Waals surface area contributed by atoms with Gasteiger partial charge in [-0.25, -0.2) is 0 Å². The fraction of sp³-hybridized carbons (Fsp3) is 0.500. The molecule has 0 fully saturated rings. The van der Waals surface area contributed by atoms with Gasteiger partial charge in [0.1, 0.15) is 0 Å². The van der Waals surface area contributed by atoms with Gasteiger partial charge in [0, 0.05) is 31.6 Å². The summed E-state index contributed by atoms with van der Waals surface area (Å²) in [7, 11) is 1.72. The van der Waals surface area contributed by atoms with Crippen LogP contribution < -0.4 is 10.6 Å². The maximum atomic E-state index is 5.79. The summed E-state index contributed by atoms with van der Waals surface area (Å²) in [6.45, 7) is 6.81. The fourth-order valence-electron chi connectivity index (χ4n) is 1.53. The van der Waals surface area contributed by atoms with Gasteiger partial charge in [0.2, 0.25) is 0 Å². The Morgan fingerprint density at radius 1 is 1.40 bits per heavy atom. The van der Waals surface area contributed by atoms with Crippen LogP contribution in [0.2, 0.25) is 0 Å². The molecule has 0 saturated heterocycles. The third-order valence-corrected chi connectivity index (χ3v) is 2.57. The first-order valence-electron chi connectivity index (χ1n) is 5.29. The van der Waals surface area contributed by atoms with E-state index in [1.165, 1.54) is 5.69 Å². The molecule has 15 heavy (non-hydrogen) atoms. The summed E-state index contributed by atoms with van der Waals surface area (Å²) in [6.07, 6.45) is 0. The van der Waals surface area contributed by atoms with Gasteiger partial charge in [-0.15, -0.1) is 0 Å². The first-order chi connectivity index (χ1) is 7.19. The first-order valence-corrected chi connectivity index (χ1v) is 5.29. The zero-order valence-corrected chi connectivity index (χ0v) is 9.79. The molecule has 84 valence electrons. The highest BCUT2D eigenvalue weighted by Crippen LogP contribution is 2.20. The Morgan fingerprint density at radius 2 is 2.13 bits per heavy atom. The van der Waals surface area contributed by atoms with Gasteiger partial charge in [0.05, 0.1) is 6.61 Å². The number of aryl methyl sites for hydroxylation is 1. The number of hydrogen-bond donors (Lipinski definition) is 1. The largest absolute Gasteiger partial charge is 0.399 e. The number of benzene rings is 1. The molecule has 0 heterocycles. The summed E-state index contributed by atoms with van der Waals surface area (Å²) in [5.74, 6) is 0. The average molecular weight is 208 g/mol. The predicted molar refractivity (Wildman–Crippen MR) is 65.4 cm³/mol. The normalized spacial score (nSPS) is 10.3. The highest BCUT2D eigenvalue weighted by molar-refractivity contribution is 5.57. The highest BCUT2D eigenvalue weighted by Gasteiger charge is 2.04. The van der Waals surface area contributed by atoms with E-state index in [2.05, 4.69) is 24.0 Å². The van der Waals surface area contributed by atoms with E-state index in [0.29, 0.717) is 0 Å². The Morgan fingerprint density at radius 3 is 2.67 bits per heavy atom. The summed E-state index contributed by atoms with van der Waals surface area (Å²) >= 11 is 0. The lowest BCUT2D eigenvalue weighted by molar-refractivity contribution is 0.205. The number of ether oxygens (including phenoxy) is 1. The molecule has 1 aromatic carbocycles. The molecule has 3 heteroatoms. The van der Waals surface area contributed by atoms with Gasteiger partial charge in [0.25, 0.3) is 0 Å². The van der Waals surface area contributed by atoms with Crippen LogP contribution in [0.1, 0.15) is 12.5 Å². The van der Waals surface area contributed by atoms with Crippen LogP contribution in [-0.2, 0) is 4.74 Å². The van der Waals surface area contributed by atoms with Crippen molar-refractivity contribution in [2.45, 2.75) is 13.8 Å². The Bertz CT molecular complexity index is 312. The first kappa shape index (κ1) is 11.9. The van der Waals surface area contributed by atoms with Gasteiger partial charge in [-0.1, -0.05) is 0 Å². The molecular weight excluding hydrogens is 188 g/mol. The number of likely N-dealkylation sites (N-methyl/N-ethyl adjacent to an activating group) is 1. The van der Waals surface area contributed by atoms with Gasteiger partial charge >= 0.3 is 0 Å². The summed E-state index contributed by atoms with van der Waals surface area (Å²) in [5, 5.41) is 0. The number of hydrogen-bond acceptors (Lipinski definition) is 3. The monoisotopic (exact) mass is 208 g/mol. The molecule has 1 aromatic rings. The molecule has 0 atom stereocenters. The second kappa shape index (κ2) is 5.61. The molecule has 0 unspecified atom stereocenters. The molecule has 0 amide bonds. The predicted octanol–water partition coefficient (Wildman–Crippen LogP) is 2.05. The van der Waals surface area contributed by atoms with Crippen LogP contribution in [0, 0.1) is 6.92 Å². The van der Waals surface area contributed by atoms with Crippen molar-refractivity contribution < 1.29 is 4.74 Å². The van der Waals surface area contributed by atoms with Crippen molar-refractivity contribution in [3.05, 3.63) is 23.8 Å². The van der Waals surface area contributed by atoms with E-state index in [0.717, 1.165) is 30.9 Å². The zero-order valence-electron chi connectivity index (χ0n) is 9.79. The number of anilines is 2. The van der Waals surface area contributed by atoms with Gasteiger partial charge in [-0.2, -0.15) is 0 Å². The van der Waals surface area contributed by atoms with E-state index in [1.807, 2.05) is 13.0 Å². The molecule has 0 aliphatic rings. The van der Waals surface area contributed by atoms with Crippen molar-refractivity contribution in [2.75, 3.05) is 37.4 Å². The molecule has 0 aliphatic carbocycles. The van der Waals surface area contributed by atoms with E-state index in [-0.39, 0.29) is 0 Å². The second-order valence-electron chi connectivity index (χ2n) is 3.61. The summed E-state index contributed by atoms with van der Waals surface area (Å²) in [5.41, 5.74) is 8.97. The van der Waals surface area contributed by atoms with E-state index < -0.39 is 0 Å². The standard InChI is InChI=1S/C12H20N2O/c1-4-14(7-8-15-3)11-5-6-12(13)10(2)9-11/h5-6,9H,4,7-8,13H2,1-3H3. The van der Waals surface area contributed by atoms with E-state index >= 15 is 0 Å². The van der Waals surface area contributed by atoms with Crippen molar-refractivity contribution in [2.24, 2.45) is 0 Å². The number of nitrogen functional groups attached to an aromatic ring is 1. The number of nitrogens with two attached hydrogens (primary N) is 1. The quantitative estimate of drug-likeness (QED) is 0.753. The molecule has 0 saturated carbocycles. The second-order valence-corrected chi connectivity index (χ2v) is 3.61. The number of rotatable bonds is 5. The maximum Gasteiger partial charge on any atom is 0.0637 e. The Balaban J connectivity index is 2.78. The smallest absolute Gasteiger partial charge is 0.0637 e. The molecule has 0 aliphatic heterocycles. The fourth-order valence-corrected chi connectivity index (χ4v) is 1.53. The number of nitrogens with zero attached hydrogens (tertiary/aromatic N) is 1. The molecule has 2 N–H and O–H groups in total. The summed E-state index contributed by atoms with van der Waals surface area (Å²) < 4.78 is 5.08. The average Bonchev–Trinajstić information content (AvgIpc) is 2.24. The van der Waals surface area contributed by atoms with Crippen LogP contribution in [-0.4, -0.2) is 26.8 Å². The Labute approximate surface area is 91.8 Å². The van der Waals surface area contributed by atoms with Crippen molar-refractivity contribution >= 4 is 11.4 Å². The minimum Gasteiger partial charge on any atom is -0.399 e. The molecule has 0 spiro atoms. The van der Waals surface area contributed by atoms with E-state index in [4.69, 9.17) is 10.5 Å².